The van der Waals surface area contributed by atoms with Crippen LogP contribution in [0.25, 0.3) is 27.7 Å². The third-order valence-corrected chi connectivity index (χ3v) is 7.64. The van der Waals surface area contributed by atoms with E-state index in [4.69, 9.17) is 24.5 Å². The number of nitrogen functional groups attached to an aromatic ring is 1. The fourth-order valence-corrected chi connectivity index (χ4v) is 5.53. The number of fused-ring (bicyclic) bond motifs is 2. The van der Waals surface area contributed by atoms with Crippen LogP contribution in [-0.4, -0.2) is 58.6 Å². The van der Waals surface area contributed by atoms with Gasteiger partial charge >= 0.3 is 7.12 Å². The minimum atomic E-state index is -0.593. The van der Waals surface area contributed by atoms with Crippen molar-refractivity contribution < 1.29 is 18.8 Å². The standard InChI is InChI=1S/C26H28BN5O4/c1-4-25-15-34-16-26(25,5-2)36-27(35-25)20-12-19(23(13-24(20)33-3)32-10-6-9-30-32)17-7-8-18-21(28)14-29-31-22(18)11-17/h6-14H,4-5,15-16H2,1-3H3,(H2,28,31)/t25-,26+. The second-order valence-electron chi connectivity index (χ2n) is 9.35. The Kier molecular flexibility index (Phi) is 5.47. The molecule has 2 fully saturated rings. The summed E-state index contributed by atoms with van der Waals surface area (Å²) in [5.74, 6) is 0.664. The zero-order valence-corrected chi connectivity index (χ0v) is 20.6. The van der Waals surface area contributed by atoms with Crippen molar-refractivity contribution in [3.05, 3.63) is 55.0 Å². The van der Waals surface area contributed by atoms with Gasteiger partial charge in [-0.2, -0.15) is 15.3 Å². The van der Waals surface area contributed by atoms with Gasteiger partial charge in [0.15, 0.2) is 0 Å². The first-order chi connectivity index (χ1) is 17.5. The molecule has 0 unspecified atom stereocenters. The fourth-order valence-electron chi connectivity index (χ4n) is 5.53. The number of nitrogens with two attached hydrogens (primary N) is 1. The number of ether oxygens (including phenoxy) is 2. The highest BCUT2D eigenvalue weighted by Gasteiger charge is 2.64. The Balaban J connectivity index is 1.53. The van der Waals surface area contributed by atoms with Crippen molar-refractivity contribution in [1.29, 1.82) is 0 Å². The van der Waals surface area contributed by atoms with Gasteiger partial charge < -0.3 is 24.5 Å². The molecule has 184 valence electrons. The average molecular weight is 485 g/mol. The van der Waals surface area contributed by atoms with E-state index < -0.39 is 18.3 Å². The molecule has 9 nitrogen and oxygen atoms in total. The summed E-state index contributed by atoms with van der Waals surface area (Å²) in [6, 6.07) is 11.9. The van der Waals surface area contributed by atoms with E-state index in [1.807, 2.05) is 41.2 Å². The van der Waals surface area contributed by atoms with E-state index in [0.29, 0.717) is 30.2 Å². The van der Waals surface area contributed by atoms with Gasteiger partial charge in [0.2, 0.25) is 0 Å². The Labute approximate surface area is 209 Å². The largest absolute Gasteiger partial charge is 0.498 e. The van der Waals surface area contributed by atoms with Gasteiger partial charge in [0.25, 0.3) is 0 Å². The van der Waals surface area contributed by atoms with E-state index in [1.165, 1.54) is 0 Å². The van der Waals surface area contributed by atoms with Crippen LogP contribution >= 0.6 is 0 Å². The molecule has 0 radical (unpaired) electrons. The van der Waals surface area contributed by atoms with Crippen molar-refractivity contribution in [2.45, 2.75) is 37.9 Å². The lowest BCUT2D eigenvalue weighted by Crippen LogP contribution is -2.49. The lowest BCUT2D eigenvalue weighted by Gasteiger charge is -2.35. The summed E-state index contributed by atoms with van der Waals surface area (Å²) in [5, 5.41) is 13.7. The summed E-state index contributed by atoms with van der Waals surface area (Å²) in [6.07, 6.45) is 6.80. The first-order valence-electron chi connectivity index (χ1n) is 12.2. The molecule has 2 saturated heterocycles. The van der Waals surface area contributed by atoms with Gasteiger partial charge in [-0.25, -0.2) is 4.68 Å². The maximum absolute atomic E-state index is 6.66. The van der Waals surface area contributed by atoms with Crippen LogP contribution in [0.1, 0.15) is 26.7 Å². The molecule has 4 aromatic rings. The molecule has 0 amide bonds. The van der Waals surface area contributed by atoms with Crippen molar-refractivity contribution in [2.75, 3.05) is 26.1 Å². The van der Waals surface area contributed by atoms with Crippen LogP contribution in [0.4, 0.5) is 5.69 Å². The Bertz CT molecular complexity index is 1410. The van der Waals surface area contributed by atoms with Crippen LogP contribution in [0.2, 0.25) is 0 Å². The number of aromatic nitrogens is 4. The maximum atomic E-state index is 6.66. The van der Waals surface area contributed by atoms with E-state index in [9.17, 15) is 0 Å². The summed E-state index contributed by atoms with van der Waals surface area (Å²) in [7, 11) is 1.06. The van der Waals surface area contributed by atoms with Crippen molar-refractivity contribution >= 4 is 29.2 Å². The second kappa shape index (κ2) is 8.58. The molecule has 10 heteroatoms. The predicted octanol–water partition coefficient (Wildman–Crippen LogP) is 3.14. The number of hydrogen-bond donors (Lipinski definition) is 1. The van der Waals surface area contributed by atoms with E-state index in [-0.39, 0.29) is 0 Å². The molecule has 2 aromatic heterocycles. The normalized spacial score (nSPS) is 23.4. The topological polar surface area (TPSA) is 107 Å². The third kappa shape index (κ3) is 3.32. The van der Waals surface area contributed by atoms with Crippen molar-refractivity contribution in [2.24, 2.45) is 0 Å². The number of methoxy groups -OCH3 is 1. The van der Waals surface area contributed by atoms with Crippen molar-refractivity contribution in [3.8, 4) is 22.6 Å². The SMILES string of the molecule is CC[C@@]12COC[C@]1(CC)OB(c1cc(-c3ccc4c(N)cnnc4c3)c(-n3cccn3)cc1OC)O2. The quantitative estimate of drug-likeness (QED) is 0.416. The summed E-state index contributed by atoms with van der Waals surface area (Å²) < 4.78 is 26.8. The molecule has 4 heterocycles. The number of rotatable bonds is 6. The van der Waals surface area contributed by atoms with E-state index >= 15 is 0 Å². The zero-order chi connectivity index (χ0) is 24.9. The Morgan fingerprint density at radius 3 is 2.56 bits per heavy atom. The number of nitrogens with zero attached hydrogens (tertiary/aromatic N) is 4. The highest BCUT2D eigenvalue weighted by molar-refractivity contribution is 6.63. The molecule has 2 aliphatic heterocycles. The van der Waals surface area contributed by atoms with E-state index in [0.717, 1.165) is 40.5 Å². The summed E-state index contributed by atoms with van der Waals surface area (Å²) in [5.41, 5.74) is 9.97. The van der Waals surface area contributed by atoms with Gasteiger partial charge in [-0.15, -0.1) is 0 Å². The van der Waals surface area contributed by atoms with E-state index in [2.05, 4.69) is 35.2 Å². The lowest BCUT2D eigenvalue weighted by atomic mass is 9.76. The van der Waals surface area contributed by atoms with Gasteiger partial charge in [0.1, 0.15) is 17.0 Å². The molecule has 2 aromatic carbocycles. The minimum Gasteiger partial charge on any atom is -0.497 e. The van der Waals surface area contributed by atoms with Crippen LogP contribution in [0.3, 0.4) is 0 Å². The van der Waals surface area contributed by atoms with Gasteiger partial charge in [0.05, 0.1) is 43.4 Å². The van der Waals surface area contributed by atoms with Gasteiger partial charge in [-0.3, -0.25) is 0 Å². The molecule has 0 saturated carbocycles. The minimum absolute atomic E-state index is 0.492. The van der Waals surface area contributed by atoms with Crippen LogP contribution in [0.5, 0.6) is 5.75 Å². The molecule has 2 N–H and O–H groups in total. The average Bonchev–Trinajstić information content (AvgIpc) is 3.62. The summed E-state index contributed by atoms with van der Waals surface area (Å²) >= 11 is 0. The van der Waals surface area contributed by atoms with Crippen molar-refractivity contribution in [3.63, 3.8) is 0 Å². The fraction of sp³-hybridized carbons (Fsp3) is 0.346. The molecular weight excluding hydrogens is 457 g/mol. The van der Waals surface area contributed by atoms with Gasteiger partial charge in [-0.1, -0.05) is 19.9 Å². The van der Waals surface area contributed by atoms with Crippen LogP contribution < -0.4 is 15.9 Å². The van der Waals surface area contributed by atoms with E-state index in [1.54, 1.807) is 19.5 Å². The Morgan fingerprint density at radius 1 is 1.11 bits per heavy atom. The molecule has 0 aliphatic carbocycles. The Hall–Kier alpha value is -3.47. The first kappa shape index (κ1) is 23.0. The van der Waals surface area contributed by atoms with Crippen molar-refractivity contribution in [1.82, 2.24) is 20.0 Å². The summed E-state index contributed by atoms with van der Waals surface area (Å²) in [6.45, 7) is 5.27. The van der Waals surface area contributed by atoms with Gasteiger partial charge in [-0.05, 0) is 42.7 Å². The summed E-state index contributed by atoms with van der Waals surface area (Å²) in [4.78, 5) is 0. The molecule has 2 aliphatic rings. The highest BCUT2D eigenvalue weighted by Crippen LogP contribution is 2.47. The predicted molar refractivity (Wildman–Crippen MR) is 137 cm³/mol. The second-order valence-corrected chi connectivity index (χ2v) is 9.35. The highest BCUT2D eigenvalue weighted by atomic mass is 16.7. The molecular formula is C26H28BN5O4. The number of benzene rings is 2. The number of anilines is 1. The smallest absolute Gasteiger partial charge is 0.497 e. The third-order valence-electron chi connectivity index (χ3n) is 7.64. The molecule has 36 heavy (non-hydrogen) atoms. The first-order valence-corrected chi connectivity index (χ1v) is 12.2. The van der Waals surface area contributed by atoms with Crippen LogP contribution in [0.15, 0.2) is 55.0 Å². The van der Waals surface area contributed by atoms with Crippen LogP contribution in [-0.2, 0) is 14.0 Å². The molecule has 0 spiro atoms. The van der Waals surface area contributed by atoms with Crippen LogP contribution in [0, 0.1) is 0 Å². The molecule has 6 rings (SSSR count). The van der Waals surface area contributed by atoms with Gasteiger partial charge in [0, 0.05) is 34.9 Å². The monoisotopic (exact) mass is 485 g/mol. The lowest BCUT2D eigenvalue weighted by molar-refractivity contribution is -0.0120. The number of hydrogen-bond acceptors (Lipinski definition) is 8. The zero-order valence-electron chi connectivity index (χ0n) is 20.6. The Morgan fingerprint density at radius 2 is 1.89 bits per heavy atom. The molecule has 0 bridgehead atoms. The molecule has 2 atom stereocenters. The maximum Gasteiger partial charge on any atom is 0.498 e.